The summed E-state index contributed by atoms with van der Waals surface area (Å²) < 4.78 is 10.8. The number of ether oxygens (including phenoxy) is 1. The monoisotopic (exact) mass is 232 g/mol. The van der Waals surface area contributed by atoms with Crippen LogP contribution >= 0.6 is 0 Å². The van der Waals surface area contributed by atoms with Crippen molar-refractivity contribution in [1.82, 2.24) is 0 Å². The van der Waals surface area contributed by atoms with Crippen LogP contribution in [0.3, 0.4) is 0 Å². The van der Waals surface area contributed by atoms with E-state index in [1.165, 1.54) is 6.92 Å². The fourth-order valence-corrected chi connectivity index (χ4v) is 1.91. The lowest BCUT2D eigenvalue weighted by Gasteiger charge is -2.36. The number of hydrogen-bond donors (Lipinski definition) is 0. The molecule has 0 aromatic rings. The van der Waals surface area contributed by atoms with Crippen molar-refractivity contribution < 1.29 is 14.0 Å². The van der Waals surface area contributed by atoms with Crippen molar-refractivity contribution in [3.63, 3.8) is 0 Å². The lowest BCUT2D eigenvalue weighted by molar-refractivity contribution is -0.141. The van der Waals surface area contributed by atoms with E-state index in [1.54, 1.807) is 0 Å². The zero-order valence-corrected chi connectivity index (χ0v) is 11.8. The van der Waals surface area contributed by atoms with Gasteiger partial charge in [0, 0.05) is 20.0 Å². The first-order valence-corrected chi connectivity index (χ1v) is 8.35. The molecule has 0 atom stereocenters. The van der Waals surface area contributed by atoms with Crippen molar-refractivity contribution in [1.29, 1.82) is 0 Å². The van der Waals surface area contributed by atoms with Crippen LogP contribution in [-0.4, -0.2) is 27.5 Å². The quantitative estimate of drug-likeness (QED) is 0.415. The van der Waals surface area contributed by atoms with E-state index in [1.807, 2.05) is 0 Å². The first-order chi connectivity index (χ1) is 6.67. The maximum Gasteiger partial charge on any atom is 0.302 e. The van der Waals surface area contributed by atoms with Gasteiger partial charge in [0.1, 0.15) is 0 Å². The third-order valence-electron chi connectivity index (χ3n) is 2.86. The zero-order valence-electron chi connectivity index (χ0n) is 10.8. The molecule has 0 saturated carbocycles. The van der Waals surface area contributed by atoms with Gasteiger partial charge in [0.05, 0.1) is 6.61 Å². The van der Waals surface area contributed by atoms with E-state index in [2.05, 4.69) is 33.9 Å². The molecule has 90 valence electrons. The Morgan fingerprint density at radius 2 is 1.73 bits per heavy atom. The van der Waals surface area contributed by atoms with Gasteiger partial charge in [-0.15, -0.1) is 0 Å². The highest BCUT2D eigenvalue weighted by molar-refractivity contribution is 6.74. The van der Waals surface area contributed by atoms with E-state index in [9.17, 15) is 4.79 Å². The molecule has 0 heterocycles. The van der Waals surface area contributed by atoms with E-state index in [0.717, 1.165) is 6.42 Å². The van der Waals surface area contributed by atoms with Crippen molar-refractivity contribution in [2.24, 2.45) is 0 Å². The summed E-state index contributed by atoms with van der Waals surface area (Å²) in [5.41, 5.74) is 0. The highest BCUT2D eigenvalue weighted by Gasteiger charge is 2.36. The second-order valence-corrected chi connectivity index (χ2v) is 10.1. The Morgan fingerprint density at radius 1 is 1.20 bits per heavy atom. The largest absolute Gasteiger partial charge is 0.466 e. The van der Waals surface area contributed by atoms with Gasteiger partial charge in [-0.25, -0.2) is 0 Å². The first-order valence-electron chi connectivity index (χ1n) is 5.44. The summed E-state index contributed by atoms with van der Waals surface area (Å²) in [6, 6.07) is 0. The van der Waals surface area contributed by atoms with Gasteiger partial charge >= 0.3 is 5.97 Å². The Hall–Kier alpha value is -0.353. The standard InChI is InChI=1S/C11H24O3Si/c1-10(12)13-8-7-9-14-15(5,6)11(2,3)4/h7-9H2,1-6H3. The number of hydrogen-bond acceptors (Lipinski definition) is 3. The topological polar surface area (TPSA) is 35.5 Å². The summed E-state index contributed by atoms with van der Waals surface area (Å²) in [5, 5.41) is 0.244. The summed E-state index contributed by atoms with van der Waals surface area (Å²) in [7, 11) is -1.62. The number of carbonyl (C=O) groups excluding carboxylic acids is 1. The zero-order chi connectivity index (χ0) is 12.1. The van der Waals surface area contributed by atoms with Crippen molar-refractivity contribution in [3.05, 3.63) is 0 Å². The van der Waals surface area contributed by atoms with Crippen LogP contribution < -0.4 is 0 Å². The average molecular weight is 232 g/mol. The van der Waals surface area contributed by atoms with E-state index in [4.69, 9.17) is 9.16 Å². The molecule has 0 saturated heterocycles. The first kappa shape index (κ1) is 14.6. The van der Waals surface area contributed by atoms with E-state index in [0.29, 0.717) is 13.2 Å². The van der Waals surface area contributed by atoms with Gasteiger partial charge in [0.2, 0.25) is 0 Å². The van der Waals surface area contributed by atoms with Crippen LogP contribution in [0.1, 0.15) is 34.1 Å². The molecule has 3 nitrogen and oxygen atoms in total. The second kappa shape index (κ2) is 5.65. The van der Waals surface area contributed by atoms with Crippen LogP contribution in [0.4, 0.5) is 0 Å². The molecule has 0 aliphatic heterocycles. The molecule has 0 radical (unpaired) electrons. The lowest BCUT2D eigenvalue weighted by atomic mass is 10.2. The van der Waals surface area contributed by atoms with E-state index >= 15 is 0 Å². The maximum atomic E-state index is 10.5. The van der Waals surface area contributed by atoms with Gasteiger partial charge in [0.25, 0.3) is 0 Å². The maximum absolute atomic E-state index is 10.5. The molecule has 0 N–H and O–H groups in total. The van der Waals surface area contributed by atoms with Crippen molar-refractivity contribution in [2.75, 3.05) is 13.2 Å². The van der Waals surface area contributed by atoms with Crippen LogP contribution in [0.2, 0.25) is 18.1 Å². The fraction of sp³-hybridized carbons (Fsp3) is 0.909. The molecule has 15 heavy (non-hydrogen) atoms. The third kappa shape index (κ3) is 5.94. The molecule has 0 aliphatic carbocycles. The lowest BCUT2D eigenvalue weighted by Crippen LogP contribution is -2.41. The van der Waals surface area contributed by atoms with E-state index in [-0.39, 0.29) is 11.0 Å². The SMILES string of the molecule is CC(=O)OCCCO[Si](C)(C)C(C)(C)C. The Balaban J connectivity index is 3.72. The summed E-state index contributed by atoms with van der Waals surface area (Å²) in [6.45, 7) is 13.7. The molecule has 0 aromatic carbocycles. The molecule has 4 heteroatoms. The molecular formula is C11H24O3Si. The molecule has 0 aliphatic rings. The van der Waals surface area contributed by atoms with Gasteiger partial charge in [-0.05, 0) is 18.1 Å². The van der Waals surface area contributed by atoms with Gasteiger partial charge < -0.3 is 9.16 Å². The van der Waals surface area contributed by atoms with Crippen LogP contribution in [0.25, 0.3) is 0 Å². The molecule has 0 spiro atoms. The number of rotatable bonds is 5. The van der Waals surface area contributed by atoms with Crippen molar-refractivity contribution in [2.45, 2.75) is 52.2 Å². The van der Waals surface area contributed by atoms with E-state index < -0.39 is 8.32 Å². The molecule has 0 fully saturated rings. The Bertz CT molecular complexity index is 206. The number of esters is 1. The summed E-state index contributed by atoms with van der Waals surface area (Å²) in [4.78, 5) is 10.5. The summed E-state index contributed by atoms with van der Waals surface area (Å²) >= 11 is 0. The van der Waals surface area contributed by atoms with Crippen molar-refractivity contribution in [3.8, 4) is 0 Å². The average Bonchev–Trinajstić information content (AvgIpc) is 2.00. The van der Waals surface area contributed by atoms with Crippen LogP contribution in [0.5, 0.6) is 0 Å². The fourth-order valence-electron chi connectivity index (χ4n) is 0.819. The predicted molar refractivity (Wildman–Crippen MR) is 64.4 cm³/mol. The molecule has 0 amide bonds. The molecule has 0 unspecified atom stereocenters. The smallest absolute Gasteiger partial charge is 0.302 e. The highest BCUT2D eigenvalue weighted by atomic mass is 28.4. The number of carbonyl (C=O) groups is 1. The molecule has 0 rings (SSSR count). The van der Waals surface area contributed by atoms with Crippen LogP contribution in [0, 0.1) is 0 Å². The minimum atomic E-state index is -1.62. The Kier molecular flexibility index (Phi) is 5.52. The second-order valence-electron chi connectivity index (χ2n) is 5.30. The Labute approximate surface area is 94.3 Å². The minimum Gasteiger partial charge on any atom is -0.466 e. The highest BCUT2D eigenvalue weighted by Crippen LogP contribution is 2.36. The van der Waals surface area contributed by atoms with Crippen LogP contribution in [0.15, 0.2) is 0 Å². The minimum absolute atomic E-state index is 0.220. The summed E-state index contributed by atoms with van der Waals surface area (Å²) in [6.07, 6.45) is 0.784. The predicted octanol–water partition coefficient (Wildman–Crippen LogP) is 2.96. The van der Waals surface area contributed by atoms with Crippen molar-refractivity contribution >= 4 is 14.3 Å². The summed E-state index contributed by atoms with van der Waals surface area (Å²) in [5.74, 6) is -0.220. The van der Waals surface area contributed by atoms with Gasteiger partial charge in [-0.3, -0.25) is 4.79 Å². The Morgan fingerprint density at radius 3 is 2.13 bits per heavy atom. The molecule has 0 bridgehead atoms. The van der Waals surface area contributed by atoms with Gasteiger partial charge in [0.15, 0.2) is 8.32 Å². The normalized spacial score (nSPS) is 12.7. The van der Waals surface area contributed by atoms with Crippen LogP contribution in [-0.2, 0) is 14.0 Å². The molecule has 0 aromatic heterocycles. The molecular weight excluding hydrogens is 208 g/mol. The third-order valence-corrected chi connectivity index (χ3v) is 7.40. The van der Waals surface area contributed by atoms with Gasteiger partial charge in [-0.1, -0.05) is 20.8 Å². The van der Waals surface area contributed by atoms with Gasteiger partial charge in [-0.2, -0.15) is 0 Å².